The largest absolute Gasteiger partial charge is 0.277 e. The summed E-state index contributed by atoms with van der Waals surface area (Å²) in [4.78, 5) is 33.1. The standard InChI is InChI=1S/C21H15N5O3S2/c27-18-11-30-21(14-7-4-8-15(9-14)26(28)29)25(18)24-20-19-16(22-12-23-20)10-17(31-19)13-5-2-1-3-6-13/h1-10,12,21H,11H2,(H,22,23,24). The van der Waals surface area contributed by atoms with Gasteiger partial charge < -0.3 is 0 Å². The van der Waals surface area contributed by atoms with Crippen molar-refractivity contribution >= 4 is 50.7 Å². The number of thioether (sulfide) groups is 1. The van der Waals surface area contributed by atoms with E-state index in [4.69, 9.17) is 0 Å². The molecule has 1 aliphatic rings. The molecule has 10 heteroatoms. The second-order valence-corrected chi connectivity index (χ2v) is 8.93. The third-order valence-corrected chi connectivity index (χ3v) is 7.22. The molecule has 0 aliphatic carbocycles. The molecule has 1 unspecified atom stereocenters. The Labute approximate surface area is 185 Å². The lowest BCUT2D eigenvalue weighted by molar-refractivity contribution is -0.384. The highest BCUT2D eigenvalue weighted by Gasteiger charge is 2.34. The van der Waals surface area contributed by atoms with E-state index in [1.807, 2.05) is 36.4 Å². The van der Waals surface area contributed by atoms with Gasteiger partial charge in [0.2, 0.25) is 0 Å². The van der Waals surface area contributed by atoms with Gasteiger partial charge in [0.05, 0.1) is 20.9 Å². The highest BCUT2D eigenvalue weighted by molar-refractivity contribution is 8.00. The van der Waals surface area contributed by atoms with E-state index in [-0.39, 0.29) is 17.3 Å². The van der Waals surface area contributed by atoms with Crippen molar-refractivity contribution in [2.75, 3.05) is 11.2 Å². The number of nitrogens with zero attached hydrogens (tertiary/aromatic N) is 4. The minimum absolute atomic E-state index is 0.00687. The quantitative estimate of drug-likeness (QED) is 0.343. The molecule has 8 nitrogen and oxygen atoms in total. The summed E-state index contributed by atoms with van der Waals surface area (Å²) in [5.74, 6) is 0.686. The Bertz CT molecular complexity index is 1290. The van der Waals surface area contributed by atoms with Crippen molar-refractivity contribution in [3.8, 4) is 10.4 Å². The average Bonchev–Trinajstić information content (AvgIpc) is 3.39. The number of thiophene rings is 1. The second-order valence-electron chi connectivity index (χ2n) is 6.80. The number of fused-ring (bicyclic) bond motifs is 1. The van der Waals surface area contributed by atoms with E-state index in [1.54, 1.807) is 23.5 Å². The number of hydrogen-bond donors (Lipinski definition) is 1. The number of hydrogen-bond acceptors (Lipinski definition) is 8. The first-order valence-electron chi connectivity index (χ1n) is 9.35. The zero-order chi connectivity index (χ0) is 21.4. The van der Waals surface area contributed by atoms with Crippen LogP contribution in [0.2, 0.25) is 0 Å². The number of anilines is 1. The molecule has 1 saturated heterocycles. The fourth-order valence-corrected chi connectivity index (χ4v) is 5.53. The Balaban J connectivity index is 1.49. The average molecular weight is 450 g/mol. The van der Waals surface area contributed by atoms with Crippen LogP contribution in [0.5, 0.6) is 0 Å². The fraction of sp³-hybridized carbons (Fsp3) is 0.0952. The smallest absolute Gasteiger partial charge is 0.269 e. The van der Waals surface area contributed by atoms with Crippen LogP contribution in [0.15, 0.2) is 67.0 Å². The molecule has 154 valence electrons. The minimum atomic E-state index is -0.437. The van der Waals surface area contributed by atoms with Gasteiger partial charge in [-0.25, -0.2) is 15.0 Å². The first-order chi connectivity index (χ1) is 15.1. The molecule has 1 N–H and O–H groups in total. The van der Waals surface area contributed by atoms with E-state index in [0.29, 0.717) is 11.4 Å². The minimum Gasteiger partial charge on any atom is -0.277 e. The number of nitro benzene ring substituents is 1. The van der Waals surface area contributed by atoms with Gasteiger partial charge in [0.25, 0.3) is 11.6 Å². The molecular formula is C21H15N5O3S2. The second kappa shape index (κ2) is 7.97. The van der Waals surface area contributed by atoms with E-state index >= 15 is 0 Å². The maximum absolute atomic E-state index is 12.6. The summed E-state index contributed by atoms with van der Waals surface area (Å²) in [7, 11) is 0. The van der Waals surface area contributed by atoms with Gasteiger partial charge in [-0.1, -0.05) is 42.5 Å². The van der Waals surface area contributed by atoms with E-state index in [1.165, 1.54) is 35.2 Å². The van der Waals surface area contributed by atoms with Crippen LogP contribution in [0.1, 0.15) is 10.9 Å². The van der Waals surface area contributed by atoms with E-state index in [0.717, 1.165) is 20.7 Å². The summed E-state index contributed by atoms with van der Waals surface area (Å²) in [6.45, 7) is 0. The third kappa shape index (κ3) is 3.71. The lowest BCUT2D eigenvalue weighted by Crippen LogP contribution is -2.34. The van der Waals surface area contributed by atoms with E-state index in [9.17, 15) is 14.9 Å². The number of non-ortho nitro benzene ring substituents is 1. The summed E-state index contributed by atoms with van der Waals surface area (Å²) in [6, 6.07) is 18.3. The van der Waals surface area contributed by atoms with Crippen molar-refractivity contribution in [3.05, 3.63) is 82.7 Å². The monoisotopic (exact) mass is 449 g/mol. The highest BCUT2D eigenvalue weighted by Crippen LogP contribution is 2.41. The topological polar surface area (TPSA) is 101 Å². The van der Waals surface area contributed by atoms with Gasteiger partial charge in [-0.3, -0.25) is 20.3 Å². The number of carbonyl (C=O) groups is 1. The van der Waals surface area contributed by atoms with Gasteiger partial charge in [0.1, 0.15) is 11.7 Å². The van der Waals surface area contributed by atoms with Crippen LogP contribution in [0.25, 0.3) is 20.7 Å². The fourth-order valence-electron chi connectivity index (χ4n) is 3.38. The Morgan fingerprint density at radius 1 is 1.10 bits per heavy atom. The lowest BCUT2D eigenvalue weighted by Gasteiger charge is -2.25. The van der Waals surface area contributed by atoms with Gasteiger partial charge in [0.15, 0.2) is 5.82 Å². The maximum atomic E-state index is 12.6. The predicted octanol–water partition coefficient (Wildman–Crippen LogP) is 4.87. The van der Waals surface area contributed by atoms with Gasteiger partial charge in [0, 0.05) is 17.0 Å². The summed E-state index contributed by atoms with van der Waals surface area (Å²) in [5.41, 5.74) is 5.69. The van der Waals surface area contributed by atoms with E-state index < -0.39 is 10.3 Å². The van der Waals surface area contributed by atoms with Crippen molar-refractivity contribution in [2.24, 2.45) is 0 Å². The van der Waals surface area contributed by atoms with Gasteiger partial charge in [-0.2, -0.15) is 0 Å². The Morgan fingerprint density at radius 3 is 2.74 bits per heavy atom. The summed E-state index contributed by atoms with van der Waals surface area (Å²) < 4.78 is 0.837. The van der Waals surface area contributed by atoms with Crippen LogP contribution in [0, 0.1) is 10.1 Å². The summed E-state index contributed by atoms with van der Waals surface area (Å²) in [6.07, 6.45) is 1.46. The van der Waals surface area contributed by atoms with Crippen LogP contribution >= 0.6 is 23.1 Å². The molecule has 1 atom stereocenters. The van der Waals surface area contributed by atoms with Crippen molar-refractivity contribution in [1.82, 2.24) is 15.0 Å². The highest BCUT2D eigenvalue weighted by atomic mass is 32.2. The molecule has 5 rings (SSSR count). The van der Waals surface area contributed by atoms with Gasteiger partial charge in [-0.05, 0) is 17.2 Å². The molecule has 2 aromatic heterocycles. The SMILES string of the molecule is O=C1CSC(c2cccc([N+](=O)[O-])c2)N1Nc1ncnc2cc(-c3ccccc3)sc12. The van der Waals surface area contributed by atoms with Crippen molar-refractivity contribution in [2.45, 2.75) is 5.37 Å². The number of aromatic nitrogens is 2. The number of rotatable bonds is 5. The number of carbonyl (C=O) groups excluding carboxylic acids is 1. The molecule has 31 heavy (non-hydrogen) atoms. The zero-order valence-electron chi connectivity index (χ0n) is 16.0. The molecule has 2 aromatic carbocycles. The number of amides is 1. The molecule has 4 aromatic rings. The predicted molar refractivity (Wildman–Crippen MR) is 122 cm³/mol. The Morgan fingerprint density at radius 2 is 1.94 bits per heavy atom. The van der Waals surface area contributed by atoms with Crippen LogP contribution in [0.3, 0.4) is 0 Å². The van der Waals surface area contributed by atoms with E-state index in [2.05, 4.69) is 15.4 Å². The molecule has 0 radical (unpaired) electrons. The van der Waals surface area contributed by atoms with Crippen LogP contribution in [-0.4, -0.2) is 31.6 Å². The van der Waals surface area contributed by atoms with Crippen molar-refractivity contribution in [3.63, 3.8) is 0 Å². The molecule has 1 amide bonds. The summed E-state index contributed by atoms with van der Waals surface area (Å²) in [5, 5.41) is 12.3. The first kappa shape index (κ1) is 19.5. The molecule has 1 aliphatic heterocycles. The van der Waals surface area contributed by atoms with Crippen LogP contribution in [0.4, 0.5) is 11.5 Å². The molecular weight excluding hydrogens is 434 g/mol. The Hall–Kier alpha value is -3.50. The van der Waals surface area contributed by atoms with Gasteiger partial charge in [-0.15, -0.1) is 23.1 Å². The number of hydrazine groups is 1. The van der Waals surface area contributed by atoms with Crippen LogP contribution in [-0.2, 0) is 4.79 Å². The molecule has 0 saturated carbocycles. The maximum Gasteiger partial charge on any atom is 0.269 e. The third-order valence-electron chi connectivity index (χ3n) is 4.83. The van der Waals surface area contributed by atoms with Crippen molar-refractivity contribution < 1.29 is 9.72 Å². The molecule has 3 heterocycles. The number of nitro groups is 1. The number of nitrogens with one attached hydrogen (secondary N) is 1. The Kier molecular flexibility index (Phi) is 5.00. The first-order valence-corrected chi connectivity index (χ1v) is 11.2. The summed E-state index contributed by atoms with van der Waals surface area (Å²) >= 11 is 2.95. The van der Waals surface area contributed by atoms with Gasteiger partial charge >= 0.3 is 0 Å². The normalized spacial score (nSPS) is 16.1. The lowest BCUT2D eigenvalue weighted by atomic mass is 10.2. The molecule has 0 bridgehead atoms. The molecule has 0 spiro atoms. The van der Waals surface area contributed by atoms with Crippen molar-refractivity contribution in [1.29, 1.82) is 0 Å². The van der Waals surface area contributed by atoms with Crippen LogP contribution < -0.4 is 5.43 Å². The molecule has 1 fully saturated rings. The number of benzene rings is 2. The zero-order valence-corrected chi connectivity index (χ0v) is 17.6.